The molecule has 0 radical (unpaired) electrons. The fourth-order valence-electron chi connectivity index (χ4n) is 9.20. The zero-order valence-electron chi connectivity index (χ0n) is 33.2. The number of para-hydroxylation sites is 3. The van der Waals surface area contributed by atoms with Gasteiger partial charge >= 0.3 is 0 Å². The molecule has 1 aliphatic rings. The Hall–Kier alpha value is -8.14. The molecule has 0 amide bonds. The molecule has 0 saturated heterocycles. The highest BCUT2D eigenvalue weighted by Gasteiger charge is 2.23. The molecule has 10 aromatic carbocycles. The number of ether oxygens (including phenoxy) is 1. The van der Waals surface area contributed by atoms with Gasteiger partial charge in [0.2, 0.25) is 0 Å². The predicted octanol–water partition coefficient (Wildman–Crippen LogP) is 16.2. The smallest absolute Gasteiger partial charge is 0.152 e. The minimum absolute atomic E-state index is 0.875. The van der Waals surface area contributed by atoms with E-state index in [0.29, 0.717) is 0 Å². The summed E-state index contributed by atoms with van der Waals surface area (Å²) in [7, 11) is 0. The van der Waals surface area contributed by atoms with Crippen molar-refractivity contribution in [2.75, 3.05) is 4.90 Å². The summed E-state index contributed by atoms with van der Waals surface area (Å²) in [6, 6.07) is 82.9. The van der Waals surface area contributed by atoms with Crippen LogP contribution in [-0.4, -0.2) is 4.57 Å². The van der Waals surface area contributed by atoms with E-state index in [1.807, 2.05) is 12.1 Å². The summed E-state index contributed by atoms with van der Waals surface area (Å²) in [5.74, 6) is 1.76. The lowest BCUT2D eigenvalue weighted by Crippen LogP contribution is -2.09. The number of hydrogen-bond donors (Lipinski definition) is 0. The molecule has 1 aromatic heterocycles. The van der Waals surface area contributed by atoms with Crippen LogP contribution >= 0.6 is 0 Å². The van der Waals surface area contributed by atoms with Gasteiger partial charge in [0, 0.05) is 27.8 Å². The van der Waals surface area contributed by atoms with Crippen molar-refractivity contribution in [1.82, 2.24) is 4.57 Å². The number of aromatic nitrogens is 1. The molecule has 0 fully saturated rings. The van der Waals surface area contributed by atoms with Gasteiger partial charge in [-0.05, 0) is 122 Å². The molecule has 3 nitrogen and oxygen atoms in total. The third kappa shape index (κ3) is 5.98. The van der Waals surface area contributed by atoms with Crippen LogP contribution in [0.1, 0.15) is 0 Å². The molecule has 3 heteroatoms. The summed E-state index contributed by atoms with van der Waals surface area (Å²) < 4.78 is 8.72. The van der Waals surface area contributed by atoms with Crippen LogP contribution in [0.25, 0.3) is 82.8 Å². The second-order valence-corrected chi connectivity index (χ2v) is 15.7. The van der Waals surface area contributed by atoms with E-state index < -0.39 is 0 Å². The Morgan fingerprint density at radius 2 is 0.820 bits per heavy atom. The van der Waals surface area contributed by atoms with Crippen molar-refractivity contribution in [3.05, 3.63) is 231 Å². The van der Waals surface area contributed by atoms with Gasteiger partial charge in [0.1, 0.15) is 0 Å². The summed E-state index contributed by atoms with van der Waals surface area (Å²) in [4.78, 5) is 2.35. The van der Waals surface area contributed by atoms with Gasteiger partial charge in [0.25, 0.3) is 0 Å². The molecule has 61 heavy (non-hydrogen) atoms. The number of benzene rings is 10. The van der Waals surface area contributed by atoms with E-state index in [0.717, 1.165) is 45.3 Å². The summed E-state index contributed by atoms with van der Waals surface area (Å²) in [5.41, 5.74) is 16.2. The lowest BCUT2D eigenvalue weighted by molar-refractivity contribution is 0.476. The van der Waals surface area contributed by atoms with Crippen molar-refractivity contribution < 1.29 is 4.74 Å². The largest absolute Gasteiger partial charge is 0.453 e. The van der Waals surface area contributed by atoms with Gasteiger partial charge in [-0.15, -0.1) is 0 Å². The summed E-state index contributed by atoms with van der Waals surface area (Å²) in [6.45, 7) is 0. The van der Waals surface area contributed by atoms with Crippen molar-refractivity contribution in [3.63, 3.8) is 0 Å². The van der Waals surface area contributed by atoms with Gasteiger partial charge < -0.3 is 14.2 Å². The zero-order valence-corrected chi connectivity index (χ0v) is 33.2. The molecule has 1 aliphatic heterocycles. The molecule has 0 saturated carbocycles. The van der Waals surface area contributed by atoms with E-state index >= 15 is 0 Å². The molecule has 0 aliphatic carbocycles. The molecular weight excluding hydrogens is 741 g/mol. The molecule has 0 atom stereocenters. The summed E-state index contributed by atoms with van der Waals surface area (Å²) in [5, 5.41) is 4.90. The first-order valence-electron chi connectivity index (χ1n) is 20.8. The highest BCUT2D eigenvalue weighted by molar-refractivity contribution is 6.13. The van der Waals surface area contributed by atoms with Gasteiger partial charge in [-0.3, -0.25) is 0 Å². The normalized spacial score (nSPS) is 11.7. The van der Waals surface area contributed by atoms with Gasteiger partial charge in [-0.1, -0.05) is 164 Å². The van der Waals surface area contributed by atoms with Crippen LogP contribution < -0.4 is 9.64 Å². The molecule has 0 N–H and O–H groups in total. The number of rotatable bonds is 7. The van der Waals surface area contributed by atoms with Crippen LogP contribution in [0.2, 0.25) is 0 Å². The Labute approximate surface area is 354 Å². The molecule has 11 aromatic rings. The van der Waals surface area contributed by atoms with Crippen LogP contribution in [0.5, 0.6) is 11.5 Å². The van der Waals surface area contributed by atoms with Crippen molar-refractivity contribution >= 4 is 49.6 Å². The molecular formula is C58H38N2O. The SMILES string of the molecule is c1ccc(-c2ccc(-c3ccc(N(c4ccc(-c5ccc6c(c5)c5cccc7c5n6-c5ccccc5O7)cc4)c4ccc(-c5cccc6ccccc56)cc4)cc3)cc2)cc1. The van der Waals surface area contributed by atoms with E-state index in [-0.39, 0.29) is 0 Å². The van der Waals surface area contributed by atoms with E-state index in [1.165, 1.54) is 66.0 Å². The lowest BCUT2D eigenvalue weighted by Gasteiger charge is -2.26. The van der Waals surface area contributed by atoms with Crippen molar-refractivity contribution in [2.24, 2.45) is 0 Å². The maximum absolute atomic E-state index is 6.37. The molecule has 0 bridgehead atoms. The van der Waals surface area contributed by atoms with E-state index in [1.54, 1.807) is 0 Å². The number of nitrogens with zero attached hydrogens (tertiary/aromatic N) is 2. The third-order valence-electron chi connectivity index (χ3n) is 12.2. The standard InChI is InChI=1S/C58H38N2O/c1-2-10-39(11-3-1)40-20-22-41(23-21-40)42-24-31-47(32-25-42)59(49-35-28-45(29-36-49)51-15-8-13-44-12-4-5-14-50(44)51)48-33-26-43(27-34-48)46-30-37-54-53(38-46)52-16-9-19-57-58(52)60(54)55-17-6-7-18-56(55)61-57/h1-38H. The minimum atomic E-state index is 0.875. The van der Waals surface area contributed by atoms with Crippen LogP contribution in [0.15, 0.2) is 231 Å². The minimum Gasteiger partial charge on any atom is -0.453 e. The number of fused-ring (bicyclic) bond motifs is 6. The fraction of sp³-hybridized carbons (Fsp3) is 0. The van der Waals surface area contributed by atoms with Gasteiger partial charge in [0.15, 0.2) is 11.5 Å². The molecule has 0 spiro atoms. The van der Waals surface area contributed by atoms with Crippen LogP contribution in [0, 0.1) is 0 Å². The Morgan fingerprint density at radius 3 is 1.52 bits per heavy atom. The van der Waals surface area contributed by atoms with Crippen molar-refractivity contribution in [1.29, 1.82) is 0 Å². The maximum Gasteiger partial charge on any atom is 0.152 e. The molecule has 286 valence electrons. The summed E-state index contributed by atoms with van der Waals surface area (Å²) >= 11 is 0. The first kappa shape index (κ1) is 34.9. The van der Waals surface area contributed by atoms with E-state index in [4.69, 9.17) is 4.74 Å². The first-order valence-corrected chi connectivity index (χ1v) is 20.8. The van der Waals surface area contributed by atoms with E-state index in [2.05, 4.69) is 228 Å². The highest BCUT2D eigenvalue weighted by atomic mass is 16.5. The highest BCUT2D eigenvalue weighted by Crippen LogP contribution is 2.46. The van der Waals surface area contributed by atoms with Crippen LogP contribution in [0.3, 0.4) is 0 Å². The maximum atomic E-state index is 6.37. The summed E-state index contributed by atoms with van der Waals surface area (Å²) in [6.07, 6.45) is 0. The third-order valence-corrected chi connectivity index (χ3v) is 12.2. The fourth-order valence-corrected chi connectivity index (χ4v) is 9.20. The Bertz CT molecular complexity index is 3400. The predicted molar refractivity (Wildman–Crippen MR) is 255 cm³/mol. The number of anilines is 3. The average Bonchev–Trinajstić information content (AvgIpc) is 3.67. The van der Waals surface area contributed by atoms with Crippen LogP contribution in [-0.2, 0) is 0 Å². The van der Waals surface area contributed by atoms with Crippen molar-refractivity contribution in [3.8, 4) is 61.7 Å². The Morgan fingerprint density at radius 1 is 0.328 bits per heavy atom. The van der Waals surface area contributed by atoms with E-state index in [9.17, 15) is 0 Å². The molecule has 2 heterocycles. The Kier molecular flexibility index (Phi) is 8.17. The monoisotopic (exact) mass is 778 g/mol. The zero-order chi connectivity index (χ0) is 40.3. The second kappa shape index (κ2) is 14.3. The van der Waals surface area contributed by atoms with Gasteiger partial charge in [-0.2, -0.15) is 0 Å². The molecule has 0 unspecified atom stereocenters. The quantitative estimate of drug-likeness (QED) is 0.160. The average molecular weight is 779 g/mol. The topological polar surface area (TPSA) is 17.4 Å². The molecule has 12 rings (SSSR count). The second-order valence-electron chi connectivity index (χ2n) is 15.7. The number of hydrogen-bond acceptors (Lipinski definition) is 2. The van der Waals surface area contributed by atoms with Gasteiger partial charge in [0.05, 0.1) is 16.7 Å². The Balaban J connectivity index is 0.914. The lowest BCUT2D eigenvalue weighted by atomic mass is 9.98. The first-order chi connectivity index (χ1) is 30.2. The van der Waals surface area contributed by atoms with Crippen molar-refractivity contribution in [2.45, 2.75) is 0 Å². The van der Waals surface area contributed by atoms with Crippen LogP contribution in [0.4, 0.5) is 17.1 Å². The van der Waals surface area contributed by atoms with Gasteiger partial charge in [-0.25, -0.2) is 0 Å².